The van der Waals surface area contributed by atoms with Gasteiger partial charge >= 0.3 is 0 Å². The molecule has 0 fully saturated rings. The Morgan fingerprint density at radius 2 is 2.08 bits per heavy atom. The van der Waals surface area contributed by atoms with Gasteiger partial charge in [0.1, 0.15) is 11.6 Å². The third kappa shape index (κ3) is 2.10. The van der Waals surface area contributed by atoms with E-state index < -0.39 is 0 Å². The van der Waals surface area contributed by atoms with Crippen molar-refractivity contribution in [3.05, 3.63) is 36.7 Å². The molecule has 3 heterocycles. The summed E-state index contributed by atoms with van der Waals surface area (Å²) < 4.78 is 7.61. The number of amides is 1. The lowest BCUT2D eigenvalue weighted by Gasteiger charge is -2.10. The van der Waals surface area contributed by atoms with E-state index in [2.05, 4.69) is 31.1 Å². The highest BCUT2D eigenvalue weighted by Gasteiger charge is 2.15. The van der Waals surface area contributed by atoms with Crippen LogP contribution in [0.1, 0.15) is 0 Å². The maximum absolute atomic E-state index is 10.6. The number of nitrogens with one attached hydrogen (secondary N) is 2. The highest BCUT2D eigenvalue weighted by molar-refractivity contribution is 5.93. The lowest BCUT2D eigenvalue weighted by Crippen LogP contribution is -1.97. The van der Waals surface area contributed by atoms with Gasteiger partial charge in [0.05, 0.1) is 36.2 Å². The van der Waals surface area contributed by atoms with Gasteiger partial charge in [-0.2, -0.15) is 5.10 Å². The average Bonchev–Trinajstić information content (AvgIpc) is 3.17. The number of rotatable bonds is 4. The van der Waals surface area contributed by atoms with Gasteiger partial charge in [-0.15, -0.1) is 0 Å². The summed E-state index contributed by atoms with van der Waals surface area (Å²) in [5.74, 6) is 1.28. The predicted octanol–water partition coefficient (Wildman–Crippen LogP) is 2.69. The van der Waals surface area contributed by atoms with Gasteiger partial charge in [0, 0.05) is 29.4 Å². The first-order valence-corrected chi connectivity index (χ1v) is 7.38. The van der Waals surface area contributed by atoms with Gasteiger partial charge in [-0.3, -0.25) is 9.89 Å². The Hall–Kier alpha value is -3.35. The molecule has 1 aromatic carbocycles. The Labute approximate surface area is 137 Å². The molecule has 4 aromatic rings. The zero-order valence-corrected chi connectivity index (χ0v) is 13.2. The number of H-pyrrole nitrogens is 1. The number of nitrogens with zero attached hydrogens (tertiary/aromatic N) is 3. The summed E-state index contributed by atoms with van der Waals surface area (Å²) in [5.41, 5.74) is 3.86. The van der Waals surface area contributed by atoms with Crippen LogP contribution in [0.25, 0.3) is 33.1 Å². The number of benzene rings is 1. The third-order valence-electron chi connectivity index (χ3n) is 4.17. The second-order valence-electron chi connectivity index (χ2n) is 5.49. The van der Waals surface area contributed by atoms with Crippen LogP contribution < -0.4 is 10.1 Å². The van der Waals surface area contributed by atoms with Crippen molar-refractivity contribution in [1.29, 1.82) is 0 Å². The molecule has 0 bridgehead atoms. The second kappa shape index (κ2) is 5.38. The SMILES string of the molecule is COc1cc2[nH]ncc2cc1-c1cc2cc(NC=O)ncc2n1C. The molecule has 0 saturated heterocycles. The van der Waals surface area contributed by atoms with Gasteiger partial charge < -0.3 is 14.6 Å². The second-order valence-corrected chi connectivity index (χ2v) is 5.49. The molecule has 0 spiro atoms. The maximum Gasteiger partial charge on any atom is 0.212 e. The molecule has 0 aliphatic rings. The predicted molar refractivity (Wildman–Crippen MR) is 92.0 cm³/mol. The number of aromatic nitrogens is 4. The molecule has 7 heteroatoms. The first-order chi connectivity index (χ1) is 11.7. The number of aromatic amines is 1. The topological polar surface area (TPSA) is 84.8 Å². The van der Waals surface area contributed by atoms with Crippen molar-refractivity contribution in [3.63, 3.8) is 0 Å². The van der Waals surface area contributed by atoms with Crippen LogP contribution in [0, 0.1) is 0 Å². The van der Waals surface area contributed by atoms with Crippen molar-refractivity contribution >= 4 is 34.0 Å². The van der Waals surface area contributed by atoms with Crippen molar-refractivity contribution in [2.24, 2.45) is 7.05 Å². The Kier molecular flexibility index (Phi) is 3.19. The maximum atomic E-state index is 10.6. The van der Waals surface area contributed by atoms with Crippen LogP contribution in [-0.4, -0.2) is 33.3 Å². The normalized spacial score (nSPS) is 11.1. The number of hydrogen-bond acceptors (Lipinski definition) is 4. The number of hydrogen-bond donors (Lipinski definition) is 2. The number of anilines is 1. The standard InChI is InChI=1S/C17H15N5O2/c1-22-14(4-10-5-17(19-9-23)18-8-15(10)22)12-3-11-7-20-21-13(11)6-16(12)24-2/h3-9H,1-2H3,(H,20,21)(H,18,19,23). The first kappa shape index (κ1) is 14.3. The molecular formula is C17H15N5O2. The highest BCUT2D eigenvalue weighted by atomic mass is 16.5. The average molecular weight is 321 g/mol. The Bertz CT molecular complexity index is 1060. The van der Waals surface area contributed by atoms with Crippen LogP contribution in [0.2, 0.25) is 0 Å². The fraction of sp³-hybridized carbons (Fsp3) is 0.118. The fourth-order valence-corrected chi connectivity index (χ4v) is 2.97. The van der Waals surface area contributed by atoms with E-state index >= 15 is 0 Å². The van der Waals surface area contributed by atoms with Crippen molar-refractivity contribution < 1.29 is 9.53 Å². The minimum atomic E-state index is 0.520. The molecular weight excluding hydrogens is 306 g/mol. The number of pyridine rings is 1. The third-order valence-corrected chi connectivity index (χ3v) is 4.17. The molecule has 2 N–H and O–H groups in total. The minimum Gasteiger partial charge on any atom is -0.496 e. The lowest BCUT2D eigenvalue weighted by molar-refractivity contribution is -0.105. The number of aryl methyl sites for hydroxylation is 1. The van der Waals surface area contributed by atoms with E-state index in [-0.39, 0.29) is 0 Å². The van der Waals surface area contributed by atoms with Gasteiger partial charge in [-0.1, -0.05) is 0 Å². The molecule has 4 rings (SSSR count). The monoisotopic (exact) mass is 321 g/mol. The van der Waals surface area contributed by atoms with Crippen molar-refractivity contribution in [2.75, 3.05) is 12.4 Å². The Balaban J connectivity index is 1.95. The van der Waals surface area contributed by atoms with Crippen LogP contribution in [-0.2, 0) is 11.8 Å². The summed E-state index contributed by atoms with van der Waals surface area (Å²) in [6, 6.07) is 7.88. The quantitative estimate of drug-likeness (QED) is 0.566. The fourth-order valence-electron chi connectivity index (χ4n) is 2.97. The van der Waals surface area contributed by atoms with Crippen LogP contribution in [0.4, 0.5) is 5.82 Å². The smallest absolute Gasteiger partial charge is 0.212 e. The number of fused-ring (bicyclic) bond motifs is 2. The summed E-state index contributed by atoms with van der Waals surface area (Å²) in [7, 11) is 3.63. The van der Waals surface area contributed by atoms with E-state index in [1.807, 2.05) is 25.2 Å². The van der Waals surface area contributed by atoms with Crippen LogP contribution in [0.3, 0.4) is 0 Å². The molecule has 0 atom stereocenters. The van der Waals surface area contributed by atoms with Crippen LogP contribution >= 0.6 is 0 Å². The van der Waals surface area contributed by atoms with E-state index in [1.165, 1.54) is 0 Å². The van der Waals surface area contributed by atoms with Crippen LogP contribution in [0.5, 0.6) is 5.75 Å². The van der Waals surface area contributed by atoms with Gasteiger partial charge in [-0.25, -0.2) is 4.98 Å². The van der Waals surface area contributed by atoms with E-state index in [9.17, 15) is 4.79 Å². The summed E-state index contributed by atoms with van der Waals surface area (Å²) in [6.45, 7) is 0. The molecule has 0 saturated carbocycles. The van der Waals surface area contributed by atoms with E-state index in [0.717, 1.165) is 38.8 Å². The molecule has 7 nitrogen and oxygen atoms in total. The van der Waals surface area contributed by atoms with Crippen molar-refractivity contribution in [1.82, 2.24) is 19.7 Å². The number of carbonyl (C=O) groups is 1. The lowest BCUT2D eigenvalue weighted by atomic mass is 10.1. The molecule has 24 heavy (non-hydrogen) atoms. The molecule has 0 unspecified atom stereocenters. The Morgan fingerprint density at radius 1 is 1.21 bits per heavy atom. The van der Waals surface area contributed by atoms with E-state index in [4.69, 9.17) is 4.74 Å². The van der Waals surface area contributed by atoms with Gasteiger partial charge in [0.2, 0.25) is 6.41 Å². The van der Waals surface area contributed by atoms with Gasteiger partial charge in [0.25, 0.3) is 0 Å². The zero-order chi connectivity index (χ0) is 16.7. The largest absolute Gasteiger partial charge is 0.496 e. The van der Waals surface area contributed by atoms with Crippen molar-refractivity contribution in [2.45, 2.75) is 0 Å². The molecule has 0 aliphatic carbocycles. The number of carbonyl (C=O) groups excluding carboxylic acids is 1. The first-order valence-electron chi connectivity index (χ1n) is 7.38. The summed E-state index contributed by atoms with van der Waals surface area (Å²) in [4.78, 5) is 14.8. The van der Waals surface area contributed by atoms with Crippen molar-refractivity contribution in [3.8, 4) is 17.0 Å². The Morgan fingerprint density at radius 3 is 2.88 bits per heavy atom. The zero-order valence-electron chi connectivity index (χ0n) is 13.2. The molecule has 0 aliphatic heterocycles. The summed E-state index contributed by atoms with van der Waals surface area (Å²) >= 11 is 0. The summed E-state index contributed by atoms with van der Waals surface area (Å²) in [5, 5.41) is 11.6. The number of methoxy groups -OCH3 is 1. The molecule has 1 amide bonds. The minimum absolute atomic E-state index is 0.520. The van der Waals surface area contributed by atoms with Crippen LogP contribution in [0.15, 0.2) is 36.7 Å². The summed E-state index contributed by atoms with van der Waals surface area (Å²) in [6.07, 6.45) is 4.15. The number of ether oxygens (including phenoxy) is 1. The van der Waals surface area contributed by atoms with E-state index in [0.29, 0.717) is 12.2 Å². The van der Waals surface area contributed by atoms with Gasteiger partial charge in [-0.05, 0) is 18.2 Å². The molecule has 3 aromatic heterocycles. The molecule has 120 valence electrons. The van der Waals surface area contributed by atoms with E-state index in [1.54, 1.807) is 19.5 Å². The highest BCUT2D eigenvalue weighted by Crippen LogP contribution is 2.36. The van der Waals surface area contributed by atoms with Gasteiger partial charge in [0.15, 0.2) is 0 Å². The molecule has 0 radical (unpaired) electrons.